The van der Waals surface area contributed by atoms with Crippen LogP contribution in [0.5, 0.6) is 0 Å². The number of nitrogens with one attached hydrogen (secondary N) is 3. The second-order valence-electron chi connectivity index (χ2n) is 12.5. The largest absolute Gasteiger partial charge is 0.392 e. The first kappa shape index (κ1) is 44.3. The van der Waals surface area contributed by atoms with Crippen molar-refractivity contribution < 1.29 is 24.3 Å². The van der Waals surface area contributed by atoms with Crippen molar-refractivity contribution in [3.05, 3.63) is 52.7 Å². The van der Waals surface area contributed by atoms with Crippen molar-refractivity contribution in [3.8, 4) is 10.4 Å². The summed E-state index contributed by atoms with van der Waals surface area (Å²) in [5, 5.41) is 20.1. The maximum Gasteiger partial charge on any atom is 0.237 e. The maximum atomic E-state index is 13.3. The number of amides is 2. The van der Waals surface area contributed by atoms with Crippen LogP contribution in [0.1, 0.15) is 102 Å². The van der Waals surface area contributed by atoms with E-state index < -0.39 is 12.1 Å². The third kappa shape index (κ3) is 17.0. The zero-order valence-electron chi connectivity index (χ0n) is 30.9. The lowest BCUT2D eigenvalue weighted by Crippen LogP contribution is -2.49. The van der Waals surface area contributed by atoms with Gasteiger partial charge in [-0.1, -0.05) is 102 Å². The van der Waals surface area contributed by atoms with Crippen molar-refractivity contribution >= 4 is 63.1 Å². The van der Waals surface area contributed by atoms with Crippen LogP contribution in [0.3, 0.4) is 0 Å². The summed E-state index contributed by atoms with van der Waals surface area (Å²) in [6, 6.07) is 6.61. The van der Waals surface area contributed by atoms with Crippen molar-refractivity contribution in [2.75, 3.05) is 25.1 Å². The number of benzene rings is 1. The number of aliphatic imine (C=N–C) groups is 1. The number of carbonyl (C=O) groups excluding carboxylic acids is 4. The second-order valence-corrected chi connectivity index (χ2v) is 15.8. The lowest BCUT2D eigenvalue weighted by Gasteiger charge is -2.23. The van der Waals surface area contributed by atoms with E-state index in [1.54, 1.807) is 18.8 Å². The van der Waals surface area contributed by atoms with Gasteiger partial charge in [0.25, 0.3) is 0 Å². The van der Waals surface area contributed by atoms with Gasteiger partial charge in [0.15, 0.2) is 5.12 Å². The number of aromatic nitrogens is 1. The van der Waals surface area contributed by atoms with Crippen molar-refractivity contribution in [1.29, 1.82) is 0 Å². The molecule has 1 aromatic carbocycles. The summed E-state index contributed by atoms with van der Waals surface area (Å²) in [6.45, 7) is 8.32. The zero-order chi connectivity index (χ0) is 37.4. The van der Waals surface area contributed by atoms with E-state index in [1.807, 2.05) is 50.3 Å². The molecule has 0 radical (unpaired) electrons. The minimum Gasteiger partial charge on any atom is -0.392 e. The van der Waals surface area contributed by atoms with E-state index in [1.165, 1.54) is 42.4 Å². The molecule has 13 heteroatoms. The van der Waals surface area contributed by atoms with E-state index in [0.29, 0.717) is 34.3 Å². The Balaban J connectivity index is 2.16. The Morgan fingerprint density at radius 2 is 1.76 bits per heavy atom. The minimum atomic E-state index is -0.536. The average Bonchev–Trinajstić information content (AvgIpc) is 3.54. The highest BCUT2D eigenvalue weighted by atomic mass is 32.2. The van der Waals surface area contributed by atoms with E-state index in [4.69, 9.17) is 4.98 Å². The van der Waals surface area contributed by atoms with Gasteiger partial charge in [-0.3, -0.25) is 19.4 Å². The Hall–Kier alpha value is -2.84. The normalized spacial score (nSPS) is 13.0. The van der Waals surface area contributed by atoms with Crippen LogP contribution in [0, 0.1) is 5.92 Å². The van der Waals surface area contributed by atoms with Gasteiger partial charge >= 0.3 is 0 Å². The topological polar surface area (TPSA) is 150 Å². The first-order chi connectivity index (χ1) is 24.7. The molecule has 51 heavy (non-hydrogen) atoms. The number of rotatable bonds is 25. The first-order valence-corrected chi connectivity index (χ1v) is 20.8. The molecule has 0 spiro atoms. The Labute approximate surface area is 316 Å². The molecule has 2 amide bonds. The summed E-state index contributed by atoms with van der Waals surface area (Å²) in [4.78, 5) is 60.1. The van der Waals surface area contributed by atoms with Crippen molar-refractivity contribution in [2.24, 2.45) is 10.9 Å². The molecule has 0 aliphatic carbocycles. The number of unbranched alkanes of at least 4 members (excludes halogenated alkanes) is 4. The van der Waals surface area contributed by atoms with Crippen LogP contribution in [0.25, 0.3) is 10.4 Å². The molecule has 0 aliphatic heterocycles. The Morgan fingerprint density at radius 1 is 1.02 bits per heavy atom. The standard InChI is InChI=1S/C38H57N5O5S3/c1-6-8-9-10-11-15-33(47)49-23-13-12-14-30(42-37(48)34(39-5)27(3)4)24-31(46)41-25-32-43-35(38(40-20-21-44)50-22-7-2)36(51-32)29-18-16-28(26-45)17-19-29/h12,14,16-19,21,27,30,34,39,45H,6-11,13,15,20,22-26H2,1-5H3,(H,41,46)(H,42,48)/b14-12+,40-38-/t30?,34-/m0/s1. The summed E-state index contributed by atoms with van der Waals surface area (Å²) in [5.74, 6) is 1.08. The molecule has 10 nitrogen and oxygen atoms in total. The van der Waals surface area contributed by atoms with Gasteiger partial charge < -0.3 is 25.9 Å². The average molecular weight is 760 g/mol. The third-order valence-electron chi connectivity index (χ3n) is 7.86. The van der Waals surface area contributed by atoms with E-state index in [9.17, 15) is 24.3 Å². The molecule has 0 saturated heterocycles. The molecule has 4 N–H and O–H groups in total. The second kappa shape index (κ2) is 26.0. The smallest absolute Gasteiger partial charge is 0.237 e. The van der Waals surface area contributed by atoms with E-state index in [2.05, 4.69) is 34.8 Å². The number of aliphatic hydroxyl groups is 1. The molecule has 282 valence electrons. The predicted octanol–water partition coefficient (Wildman–Crippen LogP) is 6.69. The zero-order valence-corrected chi connectivity index (χ0v) is 33.3. The first-order valence-electron chi connectivity index (χ1n) is 18.0. The molecule has 0 bridgehead atoms. The summed E-state index contributed by atoms with van der Waals surface area (Å²) in [5.41, 5.74) is 2.35. The van der Waals surface area contributed by atoms with Crippen LogP contribution in [0.2, 0.25) is 0 Å². The SMILES string of the molecule is CCCCCCCC(=O)SCC/C=C/C(CC(=O)NCc1nc(/C(=N/CC=O)SCCC)c(-c2ccc(CO)cc2)s1)NC(=O)[C@@H](NC)C(C)C. The summed E-state index contributed by atoms with van der Waals surface area (Å²) < 4.78 is 0. The fourth-order valence-corrected chi connectivity index (χ4v) is 7.84. The monoisotopic (exact) mass is 759 g/mol. The number of allylic oxidation sites excluding steroid dienone is 1. The number of hydrogen-bond donors (Lipinski definition) is 4. The van der Waals surface area contributed by atoms with E-state index >= 15 is 0 Å². The molecule has 0 aliphatic rings. The number of hydrogen-bond acceptors (Lipinski definition) is 11. The number of thioether (sulfide) groups is 2. The van der Waals surface area contributed by atoms with Crippen LogP contribution in [0.15, 0.2) is 41.4 Å². The number of nitrogens with zero attached hydrogens (tertiary/aromatic N) is 2. The molecule has 0 fully saturated rings. The Kier molecular flexibility index (Phi) is 22.6. The van der Waals surface area contributed by atoms with Gasteiger partial charge in [-0.05, 0) is 49.1 Å². The fourth-order valence-electron chi connectivity index (χ4n) is 5.15. The van der Waals surface area contributed by atoms with Crippen LogP contribution >= 0.6 is 34.9 Å². The molecular weight excluding hydrogens is 703 g/mol. The quantitative estimate of drug-likeness (QED) is 0.0286. The van der Waals surface area contributed by atoms with Crippen LogP contribution in [0.4, 0.5) is 0 Å². The number of thiazole rings is 1. The maximum absolute atomic E-state index is 13.3. The molecular formula is C38H57N5O5S3. The highest BCUT2D eigenvalue weighted by Crippen LogP contribution is 2.33. The Morgan fingerprint density at radius 3 is 2.41 bits per heavy atom. The van der Waals surface area contributed by atoms with Gasteiger partial charge in [-0.15, -0.1) is 23.1 Å². The minimum absolute atomic E-state index is 0.0263. The highest BCUT2D eigenvalue weighted by Gasteiger charge is 2.24. The molecule has 1 aromatic heterocycles. The number of carbonyl (C=O) groups is 4. The summed E-state index contributed by atoms with van der Waals surface area (Å²) >= 11 is 4.32. The molecule has 2 aromatic rings. The number of aldehydes is 1. The van der Waals surface area contributed by atoms with Crippen molar-refractivity contribution in [3.63, 3.8) is 0 Å². The van der Waals surface area contributed by atoms with Gasteiger partial charge in [0.05, 0.1) is 43.1 Å². The van der Waals surface area contributed by atoms with Gasteiger partial charge in [-0.25, -0.2) is 4.98 Å². The number of likely N-dealkylation sites (N-methyl/N-ethyl adjacent to an activating group) is 1. The Bertz CT molecular complexity index is 1410. The summed E-state index contributed by atoms with van der Waals surface area (Å²) in [6.07, 6.45) is 12.3. The van der Waals surface area contributed by atoms with Crippen LogP contribution < -0.4 is 16.0 Å². The molecule has 0 saturated carbocycles. The molecule has 2 rings (SSSR count). The molecule has 1 unspecified atom stereocenters. The molecule has 1 heterocycles. The van der Waals surface area contributed by atoms with Gasteiger partial charge in [-0.2, -0.15) is 0 Å². The lowest BCUT2D eigenvalue weighted by molar-refractivity contribution is -0.125. The molecule has 2 atom stereocenters. The van der Waals surface area contributed by atoms with Gasteiger partial charge in [0.2, 0.25) is 11.8 Å². The summed E-state index contributed by atoms with van der Waals surface area (Å²) in [7, 11) is 1.74. The fraction of sp³-hybridized carbons (Fsp3) is 0.579. The highest BCUT2D eigenvalue weighted by molar-refractivity contribution is 8.14. The predicted molar refractivity (Wildman–Crippen MR) is 214 cm³/mol. The van der Waals surface area contributed by atoms with Gasteiger partial charge in [0.1, 0.15) is 22.0 Å². The van der Waals surface area contributed by atoms with E-state index in [0.717, 1.165) is 47.3 Å². The third-order valence-corrected chi connectivity index (χ3v) is 11.1. The van der Waals surface area contributed by atoms with Crippen molar-refractivity contribution in [2.45, 2.75) is 111 Å². The number of aliphatic hydroxyl groups excluding tert-OH is 1. The lowest BCUT2D eigenvalue weighted by atomic mass is 10.0. The van der Waals surface area contributed by atoms with Crippen molar-refractivity contribution in [1.82, 2.24) is 20.9 Å². The van der Waals surface area contributed by atoms with E-state index in [-0.39, 0.29) is 49.0 Å². The van der Waals surface area contributed by atoms with Crippen LogP contribution in [-0.2, 0) is 32.3 Å². The van der Waals surface area contributed by atoms with Gasteiger partial charge in [0, 0.05) is 12.2 Å². The van der Waals surface area contributed by atoms with Crippen LogP contribution in [-0.4, -0.2) is 75.5 Å².